The van der Waals surface area contributed by atoms with E-state index >= 15 is 0 Å². The number of ether oxygens (including phenoxy) is 1. The number of carbonyl (C=O) groups excluding carboxylic acids is 2. The zero-order chi connectivity index (χ0) is 25.7. The van der Waals surface area contributed by atoms with E-state index in [1.54, 1.807) is 4.90 Å². The van der Waals surface area contributed by atoms with Crippen LogP contribution in [0.4, 0.5) is 4.79 Å². The molecule has 7 nitrogen and oxygen atoms in total. The number of carboxylic acids is 1. The minimum atomic E-state index is -0.868. The average Bonchev–Trinajstić information content (AvgIpc) is 3.18. The van der Waals surface area contributed by atoms with Crippen molar-refractivity contribution in [1.82, 2.24) is 10.2 Å². The molecule has 2 aromatic rings. The Bertz CT molecular complexity index is 1050. The first-order chi connectivity index (χ1) is 17.3. The van der Waals surface area contributed by atoms with E-state index in [0.717, 1.165) is 24.0 Å². The largest absolute Gasteiger partial charge is 0.481 e. The van der Waals surface area contributed by atoms with Crippen molar-refractivity contribution < 1.29 is 24.2 Å². The van der Waals surface area contributed by atoms with Crippen LogP contribution in [0.3, 0.4) is 0 Å². The van der Waals surface area contributed by atoms with Crippen molar-refractivity contribution in [2.45, 2.75) is 57.9 Å². The van der Waals surface area contributed by atoms with Gasteiger partial charge in [0, 0.05) is 25.4 Å². The maximum absolute atomic E-state index is 13.2. The summed E-state index contributed by atoms with van der Waals surface area (Å²) in [7, 11) is 0. The third kappa shape index (κ3) is 5.89. The minimum absolute atomic E-state index is 0.0131. The highest BCUT2D eigenvalue weighted by molar-refractivity contribution is 5.86. The number of hydrogen-bond donors (Lipinski definition) is 2. The Hall–Kier alpha value is -3.35. The molecule has 2 amide bonds. The Morgan fingerprint density at radius 2 is 1.67 bits per heavy atom. The van der Waals surface area contributed by atoms with Gasteiger partial charge in [-0.05, 0) is 59.8 Å². The van der Waals surface area contributed by atoms with E-state index in [0.29, 0.717) is 31.8 Å². The molecule has 1 fully saturated rings. The molecule has 1 aliphatic carbocycles. The molecule has 0 aromatic heterocycles. The predicted molar refractivity (Wildman–Crippen MR) is 138 cm³/mol. The maximum atomic E-state index is 13.2. The van der Waals surface area contributed by atoms with Crippen LogP contribution in [-0.4, -0.2) is 53.7 Å². The molecule has 1 aliphatic heterocycles. The molecular weight excluding hydrogens is 456 g/mol. The first kappa shape index (κ1) is 25.7. The molecule has 36 heavy (non-hydrogen) atoms. The van der Waals surface area contributed by atoms with E-state index in [1.165, 1.54) is 11.1 Å². The molecule has 2 aliphatic rings. The number of nitrogens with one attached hydrogen (secondary N) is 1. The topological polar surface area (TPSA) is 95.9 Å². The van der Waals surface area contributed by atoms with Gasteiger partial charge in [0.1, 0.15) is 12.6 Å². The quantitative estimate of drug-likeness (QED) is 0.511. The fraction of sp³-hybridized carbons (Fsp3) is 0.483. The second-order valence-corrected chi connectivity index (χ2v) is 10.3. The maximum Gasteiger partial charge on any atom is 0.410 e. The van der Waals surface area contributed by atoms with Crippen molar-refractivity contribution in [2.24, 2.45) is 11.8 Å². The van der Waals surface area contributed by atoms with Crippen molar-refractivity contribution in [1.29, 1.82) is 0 Å². The zero-order valence-electron chi connectivity index (χ0n) is 21.1. The van der Waals surface area contributed by atoms with Crippen molar-refractivity contribution in [3.63, 3.8) is 0 Å². The molecule has 0 radical (unpaired) electrons. The van der Waals surface area contributed by atoms with Crippen molar-refractivity contribution in [3.8, 4) is 11.1 Å². The second-order valence-electron chi connectivity index (χ2n) is 10.3. The molecule has 2 N–H and O–H groups in total. The highest BCUT2D eigenvalue weighted by Gasteiger charge is 2.35. The normalized spacial score (nSPS) is 17.9. The van der Waals surface area contributed by atoms with Gasteiger partial charge in [0.05, 0.1) is 0 Å². The van der Waals surface area contributed by atoms with Gasteiger partial charge in [0.15, 0.2) is 0 Å². The Kier molecular flexibility index (Phi) is 8.28. The lowest BCUT2D eigenvalue weighted by Crippen LogP contribution is -2.52. The molecule has 2 unspecified atom stereocenters. The molecule has 1 heterocycles. The van der Waals surface area contributed by atoms with Crippen molar-refractivity contribution in [3.05, 3.63) is 59.7 Å². The molecule has 2 atom stereocenters. The lowest BCUT2D eigenvalue weighted by atomic mass is 9.93. The Labute approximate surface area is 212 Å². The highest BCUT2D eigenvalue weighted by atomic mass is 16.6. The van der Waals surface area contributed by atoms with Gasteiger partial charge in [-0.3, -0.25) is 14.5 Å². The van der Waals surface area contributed by atoms with Gasteiger partial charge in [0.25, 0.3) is 0 Å². The summed E-state index contributed by atoms with van der Waals surface area (Å²) >= 11 is 0. The number of amides is 2. The van der Waals surface area contributed by atoms with Gasteiger partial charge in [-0.2, -0.15) is 0 Å². The molecule has 192 valence electrons. The number of aliphatic carboxylic acids is 1. The van der Waals surface area contributed by atoms with E-state index in [1.807, 2.05) is 38.1 Å². The van der Waals surface area contributed by atoms with Crippen molar-refractivity contribution in [2.75, 3.05) is 19.7 Å². The summed E-state index contributed by atoms with van der Waals surface area (Å²) in [5.74, 6) is -0.947. The van der Waals surface area contributed by atoms with E-state index in [4.69, 9.17) is 4.74 Å². The molecule has 7 heteroatoms. The van der Waals surface area contributed by atoms with Crippen LogP contribution in [0.2, 0.25) is 0 Å². The summed E-state index contributed by atoms with van der Waals surface area (Å²) in [6.07, 6.45) is 2.51. The molecular formula is C29H36N2O5. The van der Waals surface area contributed by atoms with Gasteiger partial charge >= 0.3 is 12.1 Å². The molecule has 0 saturated carbocycles. The first-order valence-electron chi connectivity index (χ1n) is 13.0. The number of fused-ring (bicyclic) bond motifs is 3. The summed E-state index contributed by atoms with van der Waals surface area (Å²) in [6, 6.07) is 15.8. The number of rotatable bonds is 9. The van der Waals surface area contributed by atoms with Crippen LogP contribution in [-0.2, 0) is 14.3 Å². The van der Waals surface area contributed by atoms with Crippen LogP contribution >= 0.6 is 0 Å². The fourth-order valence-corrected chi connectivity index (χ4v) is 5.61. The third-order valence-corrected chi connectivity index (χ3v) is 7.21. The summed E-state index contributed by atoms with van der Waals surface area (Å²) in [5, 5.41) is 12.1. The summed E-state index contributed by atoms with van der Waals surface area (Å²) < 4.78 is 5.82. The van der Waals surface area contributed by atoms with Crippen LogP contribution in [0.5, 0.6) is 0 Å². The first-order valence-corrected chi connectivity index (χ1v) is 13.0. The number of hydrogen-bond acceptors (Lipinski definition) is 4. The summed E-state index contributed by atoms with van der Waals surface area (Å²) in [4.78, 5) is 39.0. The molecule has 0 bridgehead atoms. The van der Waals surface area contributed by atoms with Gasteiger partial charge in [-0.1, -0.05) is 62.4 Å². The number of benzene rings is 2. The SMILES string of the molecule is CC(C)CC(CNC(=O)C1CCCCN1C(=O)OCC1c2ccccc2-c2ccccc21)CC(=O)O. The monoisotopic (exact) mass is 492 g/mol. The van der Waals surface area contributed by atoms with Crippen LogP contribution in [0, 0.1) is 11.8 Å². The second kappa shape index (κ2) is 11.6. The third-order valence-electron chi connectivity index (χ3n) is 7.21. The fourth-order valence-electron chi connectivity index (χ4n) is 5.61. The smallest absolute Gasteiger partial charge is 0.410 e. The number of likely N-dealkylation sites (tertiary alicyclic amines) is 1. The average molecular weight is 493 g/mol. The number of carboxylic acid groups (broad SMARTS) is 1. The molecule has 0 spiro atoms. The standard InChI is InChI=1S/C29H36N2O5/c1-19(2)15-20(16-27(32)33)17-30-28(34)26-13-7-8-14-31(26)29(35)36-18-25-23-11-5-3-9-21(23)22-10-4-6-12-24(22)25/h3-6,9-12,19-20,25-26H,7-8,13-18H2,1-2H3,(H,30,34)(H,32,33). The van der Waals surface area contributed by atoms with Crippen LogP contribution < -0.4 is 5.32 Å². The van der Waals surface area contributed by atoms with Gasteiger partial charge in [0.2, 0.25) is 5.91 Å². The molecule has 1 saturated heterocycles. The lowest BCUT2D eigenvalue weighted by molar-refractivity contribution is -0.138. The van der Waals surface area contributed by atoms with Crippen molar-refractivity contribution >= 4 is 18.0 Å². The number of piperidine rings is 1. The zero-order valence-corrected chi connectivity index (χ0v) is 21.1. The molecule has 4 rings (SSSR count). The highest BCUT2D eigenvalue weighted by Crippen LogP contribution is 2.44. The Morgan fingerprint density at radius 3 is 2.28 bits per heavy atom. The van der Waals surface area contributed by atoms with E-state index in [-0.39, 0.29) is 30.8 Å². The predicted octanol–water partition coefficient (Wildman–Crippen LogP) is 5.04. The molecule has 2 aromatic carbocycles. The summed E-state index contributed by atoms with van der Waals surface area (Å²) in [6.45, 7) is 5.05. The lowest BCUT2D eigenvalue weighted by Gasteiger charge is -2.34. The van der Waals surface area contributed by atoms with Gasteiger partial charge < -0.3 is 15.2 Å². The Balaban J connectivity index is 1.39. The van der Waals surface area contributed by atoms with Crippen LogP contribution in [0.15, 0.2) is 48.5 Å². The van der Waals surface area contributed by atoms with E-state index < -0.39 is 18.1 Å². The summed E-state index contributed by atoms with van der Waals surface area (Å²) in [5.41, 5.74) is 4.63. The van der Waals surface area contributed by atoms with Crippen LogP contribution in [0.1, 0.15) is 63.0 Å². The minimum Gasteiger partial charge on any atom is -0.481 e. The van der Waals surface area contributed by atoms with Gasteiger partial charge in [-0.15, -0.1) is 0 Å². The van der Waals surface area contributed by atoms with E-state index in [2.05, 4.69) is 29.6 Å². The van der Waals surface area contributed by atoms with Crippen LogP contribution in [0.25, 0.3) is 11.1 Å². The van der Waals surface area contributed by atoms with Gasteiger partial charge in [-0.25, -0.2) is 4.79 Å². The number of nitrogens with zero attached hydrogens (tertiary/aromatic N) is 1. The number of carbonyl (C=O) groups is 3. The Morgan fingerprint density at radius 1 is 1.03 bits per heavy atom. The van der Waals surface area contributed by atoms with E-state index in [9.17, 15) is 19.5 Å².